The van der Waals surface area contributed by atoms with Gasteiger partial charge in [-0.15, -0.1) is 0 Å². The van der Waals surface area contributed by atoms with Crippen molar-refractivity contribution >= 4 is 22.4 Å². The number of nitrogens with zero attached hydrogens (tertiary/aromatic N) is 1. The van der Waals surface area contributed by atoms with E-state index in [1.807, 2.05) is 53.4 Å². The molecule has 0 saturated carbocycles. The van der Waals surface area contributed by atoms with Gasteiger partial charge in [-0.1, -0.05) is 62.4 Å². The lowest BCUT2D eigenvalue weighted by atomic mass is 9.76. The summed E-state index contributed by atoms with van der Waals surface area (Å²) in [5.74, 6) is 0.214. The van der Waals surface area contributed by atoms with Crippen molar-refractivity contribution in [3.63, 3.8) is 0 Å². The molecule has 0 radical (unpaired) electrons. The van der Waals surface area contributed by atoms with Crippen LogP contribution in [0.25, 0.3) is 10.8 Å². The molecule has 1 heterocycles. The van der Waals surface area contributed by atoms with E-state index in [4.69, 9.17) is 0 Å². The van der Waals surface area contributed by atoms with Crippen LogP contribution in [0.15, 0.2) is 60.7 Å². The van der Waals surface area contributed by atoms with E-state index in [0.717, 1.165) is 27.6 Å². The quantitative estimate of drug-likeness (QED) is 0.687. The lowest BCUT2D eigenvalue weighted by molar-refractivity contribution is -0.117. The number of aromatic hydroxyl groups is 1. The van der Waals surface area contributed by atoms with E-state index in [2.05, 4.69) is 19.9 Å². The minimum Gasteiger partial charge on any atom is -0.508 e. The van der Waals surface area contributed by atoms with Gasteiger partial charge in [0, 0.05) is 23.6 Å². The van der Waals surface area contributed by atoms with E-state index in [0.29, 0.717) is 0 Å². The molecular weight excluding hydrogens is 310 g/mol. The van der Waals surface area contributed by atoms with Gasteiger partial charge >= 0.3 is 0 Å². The third-order valence-electron chi connectivity index (χ3n) is 5.36. The Balaban J connectivity index is 2.06. The number of carbonyl (C=O) groups excluding carboxylic acids is 1. The molecular formula is C22H21NO2. The first kappa shape index (κ1) is 15.7. The summed E-state index contributed by atoms with van der Waals surface area (Å²) >= 11 is 0. The highest BCUT2D eigenvalue weighted by atomic mass is 16.3. The van der Waals surface area contributed by atoms with Crippen molar-refractivity contribution < 1.29 is 9.90 Å². The lowest BCUT2D eigenvalue weighted by Gasteiger charge is -2.34. The number of hydrogen-bond donors (Lipinski definition) is 1. The van der Waals surface area contributed by atoms with Crippen molar-refractivity contribution in [2.75, 3.05) is 4.90 Å². The lowest BCUT2D eigenvalue weighted by Crippen LogP contribution is -2.36. The topological polar surface area (TPSA) is 40.5 Å². The summed E-state index contributed by atoms with van der Waals surface area (Å²) in [6.07, 6.45) is 0. The molecule has 3 heteroatoms. The monoisotopic (exact) mass is 331 g/mol. The fourth-order valence-electron chi connectivity index (χ4n) is 4.25. The number of anilines is 1. The maximum Gasteiger partial charge on any atom is 0.224 e. The number of benzene rings is 3. The third-order valence-corrected chi connectivity index (χ3v) is 5.36. The summed E-state index contributed by atoms with van der Waals surface area (Å²) in [4.78, 5) is 14.4. The molecule has 4 rings (SSSR count). The van der Waals surface area contributed by atoms with Crippen molar-refractivity contribution in [2.24, 2.45) is 0 Å². The van der Waals surface area contributed by atoms with Gasteiger partial charge in [0.1, 0.15) is 5.75 Å². The average Bonchev–Trinajstić information content (AvgIpc) is 2.83. The Morgan fingerprint density at radius 2 is 1.68 bits per heavy atom. The minimum absolute atomic E-state index is 0.0182. The average molecular weight is 331 g/mol. The Morgan fingerprint density at radius 3 is 2.44 bits per heavy atom. The first-order valence-electron chi connectivity index (χ1n) is 8.53. The van der Waals surface area contributed by atoms with Gasteiger partial charge in [0.05, 0.1) is 6.04 Å². The van der Waals surface area contributed by atoms with Crippen molar-refractivity contribution in [3.8, 4) is 5.75 Å². The molecule has 0 spiro atoms. The van der Waals surface area contributed by atoms with Crippen LogP contribution in [0.4, 0.5) is 5.69 Å². The number of carbonyl (C=O) groups is 1. The Morgan fingerprint density at radius 1 is 1.00 bits per heavy atom. The van der Waals surface area contributed by atoms with E-state index in [9.17, 15) is 9.90 Å². The van der Waals surface area contributed by atoms with Crippen molar-refractivity contribution in [1.82, 2.24) is 0 Å². The Hall–Kier alpha value is -2.81. The number of fused-ring (bicyclic) bond motifs is 2. The smallest absolute Gasteiger partial charge is 0.224 e. The Kier molecular flexibility index (Phi) is 3.36. The van der Waals surface area contributed by atoms with E-state index in [-0.39, 0.29) is 23.1 Å². The van der Waals surface area contributed by atoms with Gasteiger partial charge in [-0.25, -0.2) is 0 Å². The van der Waals surface area contributed by atoms with Crippen LogP contribution in [0.3, 0.4) is 0 Å². The molecule has 3 nitrogen and oxygen atoms in total. The van der Waals surface area contributed by atoms with Crippen molar-refractivity contribution in [3.05, 3.63) is 71.8 Å². The molecule has 126 valence electrons. The number of hydrogen-bond acceptors (Lipinski definition) is 2. The van der Waals surface area contributed by atoms with Crippen LogP contribution in [0.2, 0.25) is 0 Å². The summed E-state index contributed by atoms with van der Waals surface area (Å²) in [7, 11) is 0. The van der Waals surface area contributed by atoms with Crippen molar-refractivity contribution in [2.45, 2.75) is 32.2 Å². The number of rotatable bonds is 1. The highest BCUT2D eigenvalue weighted by molar-refractivity contribution is 5.98. The third kappa shape index (κ3) is 2.15. The molecule has 1 N–H and O–H groups in total. The molecule has 0 fully saturated rings. The first-order chi connectivity index (χ1) is 11.9. The normalized spacial score (nSPS) is 18.4. The van der Waals surface area contributed by atoms with Gasteiger partial charge in [0.2, 0.25) is 5.91 Å². The molecule has 1 atom stereocenters. The van der Waals surface area contributed by atoms with E-state index < -0.39 is 0 Å². The number of amides is 1. The second-order valence-corrected chi connectivity index (χ2v) is 7.25. The molecule has 1 aliphatic heterocycles. The maximum atomic E-state index is 12.6. The van der Waals surface area contributed by atoms with Gasteiger partial charge in [0.25, 0.3) is 0 Å². The maximum absolute atomic E-state index is 12.6. The molecule has 0 bridgehead atoms. The van der Waals surface area contributed by atoms with Gasteiger partial charge in [0.15, 0.2) is 0 Å². The first-order valence-corrected chi connectivity index (χ1v) is 8.53. The van der Waals surface area contributed by atoms with Gasteiger partial charge in [-0.2, -0.15) is 0 Å². The molecule has 0 saturated heterocycles. The van der Waals surface area contributed by atoms with Crippen LogP contribution in [-0.4, -0.2) is 11.0 Å². The second kappa shape index (κ2) is 5.35. The molecule has 25 heavy (non-hydrogen) atoms. The zero-order valence-electron chi connectivity index (χ0n) is 14.7. The molecule has 3 aromatic rings. The van der Waals surface area contributed by atoms with Crippen LogP contribution in [-0.2, 0) is 10.2 Å². The summed E-state index contributed by atoms with van der Waals surface area (Å²) < 4.78 is 0. The highest BCUT2D eigenvalue weighted by Gasteiger charge is 2.48. The van der Waals surface area contributed by atoms with Crippen LogP contribution in [0.5, 0.6) is 5.75 Å². The summed E-state index contributed by atoms with van der Waals surface area (Å²) in [5.41, 5.74) is 2.55. The molecule has 0 aliphatic carbocycles. The summed E-state index contributed by atoms with van der Waals surface area (Å²) in [5, 5.41) is 12.8. The Labute approximate surface area is 147 Å². The van der Waals surface area contributed by atoms with Crippen LogP contribution >= 0.6 is 0 Å². The van der Waals surface area contributed by atoms with Gasteiger partial charge in [-0.05, 0) is 28.5 Å². The van der Waals surface area contributed by atoms with Crippen LogP contribution in [0, 0.1) is 0 Å². The fraction of sp³-hybridized carbons (Fsp3) is 0.227. The number of phenolic OH excluding ortho intramolecular Hbond substituents is 1. The van der Waals surface area contributed by atoms with E-state index in [1.165, 1.54) is 0 Å². The number of para-hydroxylation sites is 1. The second-order valence-electron chi connectivity index (χ2n) is 7.25. The standard InChI is InChI=1S/C22H21NO2/c1-14(24)23-18-11-7-6-10-17(18)22(2,3)21(23)20-16-9-5-4-8-15(16)12-13-19(20)25/h4-13,21,25H,1-3H3. The Bertz CT molecular complexity index is 990. The van der Waals surface area contributed by atoms with Crippen molar-refractivity contribution in [1.29, 1.82) is 0 Å². The zero-order chi connectivity index (χ0) is 17.8. The molecule has 3 aromatic carbocycles. The largest absolute Gasteiger partial charge is 0.508 e. The van der Waals surface area contributed by atoms with Gasteiger partial charge < -0.3 is 10.0 Å². The SMILES string of the molecule is CC(=O)N1c2ccccc2C(C)(C)C1c1c(O)ccc2ccccc12. The van der Waals surface area contributed by atoms with Gasteiger partial charge in [-0.3, -0.25) is 4.79 Å². The number of phenols is 1. The summed E-state index contributed by atoms with van der Waals surface area (Å²) in [6.45, 7) is 5.87. The zero-order valence-corrected chi connectivity index (χ0v) is 14.7. The highest BCUT2D eigenvalue weighted by Crippen LogP contribution is 2.55. The molecule has 1 amide bonds. The van der Waals surface area contributed by atoms with E-state index >= 15 is 0 Å². The van der Waals surface area contributed by atoms with E-state index in [1.54, 1.807) is 13.0 Å². The molecule has 0 aromatic heterocycles. The van der Waals surface area contributed by atoms with Crippen LogP contribution in [0.1, 0.15) is 37.9 Å². The predicted molar refractivity (Wildman–Crippen MR) is 101 cm³/mol. The fourth-order valence-corrected chi connectivity index (χ4v) is 4.25. The predicted octanol–water partition coefficient (Wildman–Crippen LogP) is 4.93. The minimum atomic E-state index is -0.316. The molecule has 1 unspecified atom stereocenters. The summed E-state index contributed by atoms with van der Waals surface area (Å²) in [6, 6.07) is 19.4. The molecule has 1 aliphatic rings. The van der Waals surface area contributed by atoms with Crippen LogP contribution < -0.4 is 4.90 Å².